The number of likely N-dealkylation sites (tertiary alicyclic amines) is 1. The molecule has 16 heavy (non-hydrogen) atoms. The lowest BCUT2D eigenvalue weighted by molar-refractivity contribution is 0.0635. The SMILES string of the molecule is CC1CCCCN1C(=O)c1ccncc1Cl. The minimum absolute atomic E-state index is 0.0274. The van der Waals surface area contributed by atoms with Crippen molar-refractivity contribution in [2.75, 3.05) is 6.54 Å². The zero-order valence-corrected chi connectivity index (χ0v) is 10.1. The molecule has 1 aromatic rings. The molecule has 1 aliphatic heterocycles. The van der Waals surface area contributed by atoms with E-state index >= 15 is 0 Å². The lowest BCUT2D eigenvalue weighted by Crippen LogP contribution is -2.42. The second-order valence-electron chi connectivity index (χ2n) is 4.20. The van der Waals surface area contributed by atoms with E-state index in [0.29, 0.717) is 16.6 Å². The van der Waals surface area contributed by atoms with Gasteiger partial charge in [-0.15, -0.1) is 0 Å². The van der Waals surface area contributed by atoms with Crippen LogP contribution in [-0.4, -0.2) is 28.4 Å². The van der Waals surface area contributed by atoms with E-state index in [0.717, 1.165) is 19.4 Å². The van der Waals surface area contributed by atoms with Crippen molar-refractivity contribution >= 4 is 17.5 Å². The Labute approximate surface area is 100 Å². The van der Waals surface area contributed by atoms with E-state index in [4.69, 9.17) is 11.6 Å². The molecule has 1 aliphatic rings. The fourth-order valence-electron chi connectivity index (χ4n) is 2.10. The van der Waals surface area contributed by atoms with Crippen LogP contribution < -0.4 is 0 Å². The fourth-order valence-corrected chi connectivity index (χ4v) is 2.30. The average Bonchev–Trinajstić information content (AvgIpc) is 2.29. The Morgan fingerprint density at radius 1 is 1.56 bits per heavy atom. The summed E-state index contributed by atoms with van der Waals surface area (Å²) in [6.07, 6.45) is 6.49. The van der Waals surface area contributed by atoms with Gasteiger partial charge in [0.1, 0.15) is 0 Å². The van der Waals surface area contributed by atoms with Crippen molar-refractivity contribution in [2.45, 2.75) is 32.2 Å². The Morgan fingerprint density at radius 3 is 3.06 bits per heavy atom. The molecule has 3 nitrogen and oxygen atoms in total. The van der Waals surface area contributed by atoms with Crippen LogP contribution in [0.15, 0.2) is 18.5 Å². The van der Waals surface area contributed by atoms with E-state index in [-0.39, 0.29) is 5.91 Å². The summed E-state index contributed by atoms with van der Waals surface area (Å²) in [6, 6.07) is 2.00. The molecule has 1 fully saturated rings. The van der Waals surface area contributed by atoms with Gasteiger partial charge in [0.25, 0.3) is 5.91 Å². The average molecular weight is 239 g/mol. The number of hydrogen-bond acceptors (Lipinski definition) is 2. The third kappa shape index (κ3) is 2.19. The van der Waals surface area contributed by atoms with Crippen molar-refractivity contribution in [3.8, 4) is 0 Å². The van der Waals surface area contributed by atoms with Gasteiger partial charge >= 0.3 is 0 Å². The van der Waals surface area contributed by atoms with Crippen molar-refractivity contribution in [3.05, 3.63) is 29.0 Å². The van der Waals surface area contributed by atoms with E-state index in [9.17, 15) is 4.79 Å². The molecule has 0 aliphatic carbocycles. The second kappa shape index (κ2) is 4.83. The highest BCUT2D eigenvalue weighted by Crippen LogP contribution is 2.22. The number of hydrogen-bond donors (Lipinski definition) is 0. The molecular formula is C12H15ClN2O. The maximum Gasteiger partial charge on any atom is 0.255 e. The van der Waals surface area contributed by atoms with E-state index in [2.05, 4.69) is 11.9 Å². The summed E-state index contributed by atoms with van der Waals surface area (Å²) in [5, 5.41) is 0.435. The number of aromatic nitrogens is 1. The number of halogens is 1. The lowest BCUT2D eigenvalue weighted by Gasteiger charge is -2.33. The van der Waals surface area contributed by atoms with Crippen molar-refractivity contribution in [1.82, 2.24) is 9.88 Å². The molecule has 1 amide bonds. The zero-order valence-electron chi connectivity index (χ0n) is 9.32. The predicted molar refractivity (Wildman–Crippen MR) is 63.6 cm³/mol. The van der Waals surface area contributed by atoms with Gasteiger partial charge in [-0.3, -0.25) is 9.78 Å². The van der Waals surface area contributed by atoms with Crippen molar-refractivity contribution in [3.63, 3.8) is 0 Å². The Balaban J connectivity index is 2.21. The smallest absolute Gasteiger partial charge is 0.255 e. The summed E-state index contributed by atoms with van der Waals surface area (Å²) >= 11 is 5.98. The first-order chi connectivity index (χ1) is 7.70. The molecule has 2 heterocycles. The summed E-state index contributed by atoms with van der Waals surface area (Å²) in [4.78, 5) is 18.0. The maximum atomic E-state index is 12.2. The van der Waals surface area contributed by atoms with Crippen LogP contribution in [0.3, 0.4) is 0 Å². The largest absolute Gasteiger partial charge is 0.336 e. The van der Waals surface area contributed by atoms with Gasteiger partial charge in [0.2, 0.25) is 0 Å². The van der Waals surface area contributed by atoms with Gasteiger partial charge in [-0.05, 0) is 32.3 Å². The molecule has 2 rings (SSSR count). The first kappa shape index (κ1) is 11.4. The minimum Gasteiger partial charge on any atom is -0.336 e. The van der Waals surface area contributed by atoms with Crippen LogP contribution >= 0.6 is 11.6 Å². The summed E-state index contributed by atoms with van der Waals surface area (Å²) < 4.78 is 0. The summed E-state index contributed by atoms with van der Waals surface area (Å²) in [5.41, 5.74) is 0.561. The first-order valence-corrected chi connectivity index (χ1v) is 5.98. The van der Waals surface area contributed by atoms with E-state index in [1.165, 1.54) is 12.6 Å². The first-order valence-electron chi connectivity index (χ1n) is 5.60. The van der Waals surface area contributed by atoms with E-state index in [1.54, 1.807) is 12.3 Å². The molecule has 1 saturated heterocycles. The van der Waals surface area contributed by atoms with Crippen molar-refractivity contribution in [1.29, 1.82) is 0 Å². The third-order valence-corrected chi connectivity index (χ3v) is 3.37. The minimum atomic E-state index is 0.0274. The van der Waals surface area contributed by atoms with Gasteiger partial charge in [-0.1, -0.05) is 11.6 Å². The fraction of sp³-hybridized carbons (Fsp3) is 0.500. The van der Waals surface area contributed by atoms with Gasteiger partial charge in [0.15, 0.2) is 0 Å². The number of nitrogens with zero attached hydrogens (tertiary/aromatic N) is 2. The molecule has 1 aromatic heterocycles. The van der Waals surface area contributed by atoms with Crippen molar-refractivity contribution in [2.24, 2.45) is 0 Å². The molecule has 4 heteroatoms. The number of piperidine rings is 1. The van der Waals surface area contributed by atoms with Gasteiger partial charge < -0.3 is 4.90 Å². The zero-order chi connectivity index (χ0) is 11.5. The highest BCUT2D eigenvalue weighted by molar-refractivity contribution is 6.33. The monoisotopic (exact) mass is 238 g/mol. The number of carbonyl (C=O) groups excluding carboxylic acids is 1. The predicted octanol–water partition coefficient (Wildman–Crippen LogP) is 2.75. The Kier molecular flexibility index (Phi) is 3.44. The van der Waals surface area contributed by atoms with Gasteiger partial charge in [0, 0.05) is 25.0 Å². The normalized spacial score (nSPS) is 20.9. The number of carbonyl (C=O) groups is 1. The Morgan fingerprint density at radius 2 is 2.38 bits per heavy atom. The molecule has 0 saturated carbocycles. The summed E-state index contributed by atoms with van der Waals surface area (Å²) in [5.74, 6) is 0.0274. The standard InChI is InChI=1S/C12H15ClN2O/c1-9-4-2-3-7-15(9)12(16)10-5-6-14-8-11(10)13/h5-6,8-9H,2-4,7H2,1H3. The molecule has 86 valence electrons. The van der Waals surface area contributed by atoms with Gasteiger partial charge in [0.05, 0.1) is 10.6 Å². The quantitative estimate of drug-likeness (QED) is 0.754. The number of amides is 1. The highest BCUT2D eigenvalue weighted by atomic mass is 35.5. The van der Waals surface area contributed by atoms with Crippen LogP contribution in [0.1, 0.15) is 36.5 Å². The van der Waals surface area contributed by atoms with Crippen LogP contribution in [-0.2, 0) is 0 Å². The topological polar surface area (TPSA) is 33.2 Å². The molecule has 0 N–H and O–H groups in total. The molecule has 0 spiro atoms. The van der Waals surface area contributed by atoms with Crippen LogP contribution in [0.2, 0.25) is 5.02 Å². The van der Waals surface area contributed by atoms with Crippen molar-refractivity contribution < 1.29 is 4.79 Å². The molecule has 0 bridgehead atoms. The van der Waals surface area contributed by atoms with Crippen LogP contribution in [0.4, 0.5) is 0 Å². The number of pyridine rings is 1. The molecule has 1 unspecified atom stereocenters. The number of rotatable bonds is 1. The third-order valence-electron chi connectivity index (χ3n) is 3.07. The Hall–Kier alpha value is -1.09. The molecule has 1 atom stereocenters. The lowest BCUT2D eigenvalue weighted by atomic mass is 10.0. The second-order valence-corrected chi connectivity index (χ2v) is 4.61. The Bertz CT molecular complexity index is 394. The summed E-state index contributed by atoms with van der Waals surface area (Å²) in [6.45, 7) is 2.92. The highest BCUT2D eigenvalue weighted by Gasteiger charge is 2.25. The summed E-state index contributed by atoms with van der Waals surface area (Å²) in [7, 11) is 0. The van der Waals surface area contributed by atoms with Crippen LogP contribution in [0.5, 0.6) is 0 Å². The molecular weight excluding hydrogens is 224 g/mol. The van der Waals surface area contributed by atoms with E-state index < -0.39 is 0 Å². The van der Waals surface area contributed by atoms with E-state index in [1.807, 2.05) is 4.90 Å². The van der Waals surface area contributed by atoms with Gasteiger partial charge in [-0.2, -0.15) is 0 Å². The maximum absolute atomic E-state index is 12.2. The van der Waals surface area contributed by atoms with Crippen LogP contribution in [0, 0.1) is 0 Å². The van der Waals surface area contributed by atoms with Gasteiger partial charge in [-0.25, -0.2) is 0 Å². The van der Waals surface area contributed by atoms with Crippen LogP contribution in [0.25, 0.3) is 0 Å². The molecule has 0 aromatic carbocycles. The molecule has 0 radical (unpaired) electrons.